The van der Waals surface area contributed by atoms with Gasteiger partial charge in [-0.2, -0.15) is 0 Å². The summed E-state index contributed by atoms with van der Waals surface area (Å²) in [5, 5.41) is 3.06. The number of amides is 2. The highest BCUT2D eigenvalue weighted by atomic mass is 19.1. The van der Waals surface area contributed by atoms with Gasteiger partial charge in [0.15, 0.2) is 0 Å². The Bertz CT molecular complexity index is 684. The van der Waals surface area contributed by atoms with E-state index in [1.54, 1.807) is 17.0 Å². The number of carbonyl (C=O) groups is 2. The first-order chi connectivity index (χ1) is 12.8. The van der Waals surface area contributed by atoms with Crippen LogP contribution in [0.5, 0.6) is 0 Å². The van der Waals surface area contributed by atoms with Crippen molar-refractivity contribution < 1.29 is 14.0 Å². The molecule has 2 aliphatic heterocycles. The number of anilines is 1. The van der Waals surface area contributed by atoms with Crippen LogP contribution in [0.25, 0.3) is 0 Å². The van der Waals surface area contributed by atoms with Gasteiger partial charge in [-0.05, 0) is 49.4 Å². The molecule has 2 aliphatic rings. The average Bonchev–Trinajstić information content (AvgIpc) is 3.28. The Morgan fingerprint density at radius 3 is 2.52 bits per heavy atom. The van der Waals surface area contributed by atoms with Gasteiger partial charge in [-0.25, -0.2) is 4.39 Å². The van der Waals surface area contributed by atoms with Crippen molar-refractivity contribution in [2.45, 2.75) is 46.1 Å². The van der Waals surface area contributed by atoms with Crippen molar-refractivity contribution in [3.8, 4) is 0 Å². The Kier molecular flexibility index (Phi) is 5.72. The number of rotatable bonds is 4. The second-order valence-electron chi connectivity index (χ2n) is 8.73. The SMILES string of the molecule is CC(C)(C)C(=O)N1CCCC1C(=O)NCC1CCN(c2ccc(F)cc2)C1. The van der Waals surface area contributed by atoms with Crippen molar-refractivity contribution in [3.05, 3.63) is 30.1 Å². The van der Waals surface area contributed by atoms with Crippen LogP contribution in [-0.2, 0) is 9.59 Å². The molecular formula is C21H30FN3O2. The molecule has 148 valence electrons. The Morgan fingerprint density at radius 1 is 1.15 bits per heavy atom. The third-order valence-electron chi connectivity index (χ3n) is 5.50. The molecule has 0 aliphatic carbocycles. The molecule has 3 rings (SSSR count). The molecule has 6 heteroatoms. The van der Waals surface area contributed by atoms with Crippen molar-refractivity contribution in [2.24, 2.45) is 11.3 Å². The van der Waals surface area contributed by atoms with Gasteiger partial charge in [0.25, 0.3) is 0 Å². The lowest BCUT2D eigenvalue weighted by molar-refractivity contribution is -0.144. The molecule has 27 heavy (non-hydrogen) atoms. The molecule has 2 unspecified atom stereocenters. The number of hydrogen-bond acceptors (Lipinski definition) is 3. The molecule has 2 atom stereocenters. The first kappa shape index (κ1) is 19.6. The number of hydrogen-bond donors (Lipinski definition) is 1. The molecule has 0 spiro atoms. The van der Waals surface area contributed by atoms with E-state index in [0.717, 1.165) is 38.0 Å². The van der Waals surface area contributed by atoms with E-state index in [9.17, 15) is 14.0 Å². The highest BCUT2D eigenvalue weighted by molar-refractivity contribution is 5.90. The molecule has 0 aromatic heterocycles. The summed E-state index contributed by atoms with van der Waals surface area (Å²) in [5.41, 5.74) is 0.548. The normalized spacial score (nSPS) is 23.0. The van der Waals surface area contributed by atoms with Gasteiger partial charge in [-0.3, -0.25) is 9.59 Å². The van der Waals surface area contributed by atoms with Gasteiger partial charge >= 0.3 is 0 Å². The van der Waals surface area contributed by atoms with E-state index < -0.39 is 5.41 Å². The number of benzene rings is 1. The molecule has 1 N–H and O–H groups in total. The lowest BCUT2D eigenvalue weighted by Crippen LogP contribution is -2.50. The van der Waals surface area contributed by atoms with Gasteiger partial charge < -0.3 is 15.1 Å². The first-order valence-corrected chi connectivity index (χ1v) is 9.85. The van der Waals surface area contributed by atoms with Gasteiger partial charge in [-0.1, -0.05) is 20.8 Å². The zero-order valence-electron chi connectivity index (χ0n) is 16.5. The fourth-order valence-electron chi connectivity index (χ4n) is 3.96. The first-order valence-electron chi connectivity index (χ1n) is 9.85. The number of nitrogens with one attached hydrogen (secondary N) is 1. The van der Waals surface area contributed by atoms with E-state index in [0.29, 0.717) is 19.0 Å². The molecule has 0 bridgehead atoms. The van der Waals surface area contributed by atoms with Crippen molar-refractivity contribution in [3.63, 3.8) is 0 Å². The molecule has 1 aromatic rings. The van der Waals surface area contributed by atoms with Gasteiger partial charge in [-0.15, -0.1) is 0 Å². The highest BCUT2D eigenvalue weighted by Crippen LogP contribution is 2.26. The summed E-state index contributed by atoms with van der Waals surface area (Å²) >= 11 is 0. The third-order valence-corrected chi connectivity index (χ3v) is 5.50. The van der Waals surface area contributed by atoms with E-state index in [4.69, 9.17) is 0 Å². The fraction of sp³-hybridized carbons (Fsp3) is 0.619. The Balaban J connectivity index is 1.51. The van der Waals surface area contributed by atoms with Gasteiger partial charge in [0, 0.05) is 37.3 Å². The summed E-state index contributed by atoms with van der Waals surface area (Å²) in [7, 11) is 0. The maximum atomic E-state index is 13.1. The molecule has 2 fully saturated rings. The molecule has 0 saturated carbocycles. The van der Waals surface area contributed by atoms with E-state index in [1.165, 1.54) is 12.1 Å². The van der Waals surface area contributed by atoms with E-state index >= 15 is 0 Å². The quantitative estimate of drug-likeness (QED) is 0.880. The molecular weight excluding hydrogens is 345 g/mol. The minimum Gasteiger partial charge on any atom is -0.371 e. The van der Waals surface area contributed by atoms with Crippen molar-refractivity contribution in [1.29, 1.82) is 0 Å². The summed E-state index contributed by atoms with van der Waals surface area (Å²) in [6.45, 7) is 8.72. The predicted octanol–water partition coefficient (Wildman–Crippen LogP) is 2.81. The Morgan fingerprint density at radius 2 is 1.85 bits per heavy atom. The second-order valence-corrected chi connectivity index (χ2v) is 8.73. The summed E-state index contributed by atoms with van der Waals surface area (Å²) in [6, 6.07) is 6.21. The molecule has 1 aromatic carbocycles. The van der Waals surface area contributed by atoms with Crippen molar-refractivity contribution in [2.75, 3.05) is 31.1 Å². The van der Waals surface area contributed by atoms with Gasteiger partial charge in [0.05, 0.1) is 0 Å². The van der Waals surface area contributed by atoms with Crippen molar-refractivity contribution >= 4 is 17.5 Å². The minimum absolute atomic E-state index is 0.0367. The molecule has 2 heterocycles. The molecule has 5 nitrogen and oxygen atoms in total. The Labute approximate surface area is 160 Å². The molecule has 2 saturated heterocycles. The highest BCUT2D eigenvalue weighted by Gasteiger charge is 2.38. The molecule has 2 amide bonds. The lowest BCUT2D eigenvalue weighted by Gasteiger charge is -2.30. The monoisotopic (exact) mass is 375 g/mol. The smallest absolute Gasteiger partial charge is 0.242 e. The second kappa shape index (κ2) is 7.87. The van der Waals surface area contributed by atoms with E-state index in [1.807, 2.05) is 20.8 Å². The zero-order valence-corrected chi connectivity index (χ0v) is 16.5. The van der Waals surface area contributed by atoms with E-state index in [2.05, 4.69) is 10.2 Å². The fourth-order valence-corrected chi connectivity index (χ4v) is 3.96. The van der Waals surface area contributed by atoms with Gasteiger partial charge in [0.1, 0.15) is 11.9 Å². The largest absolute Gasteiger partial charge is 0.371 e. The molecule has 0 radical (unpaired) electrons. The number of carbonyl (C=O) groups excluding carboxylic acids is 2. The Hall–Kier alpha value is -2.11. The van der Waals surface area contributed by atoms with Crippen molar-refractivity contribution in [1.82, 2.24) is 10.2 Å². The summed E-state index contributed by atoms with van der Waals surface area (Å²) in [5.74, 6) is 0.147. The third kappa shape index (κ3) is 4.60. The summed E-state index contributed by atoms with van der Waals surface area (Å²) < 4.78 is 13.1. The summed E-state index contributed by atoms with van der Waals surface area (Å²) in [4.78, 5) is 29.2. The van der Waals surface area contributed by atoms with Crippen LogP contribution < -0.4 is 10.2 Å². The van der Waals surface area contributed by atoms with Crippen LogP contribution >= 0.6 is 0 Å². The zero-order chi connectivity index (χ0) is 19.6. The number of nitrogens with zero attached hydrogens (tertiary/aromatic N) is 2. The number of halogens is 1. The topological polar surface area (TPSA) is 52.7 Å². The van der Waals surface area contributed by atoms with Crippen LogP contribution in [0.1, 0.15) is 40.0 Å². The number of likely N-dealkylation sites (tertiary alicyclic amines) is 1. The standard InChI is InChI=1S/C21H30FN3O2/c1-21(2,3)20(27)25-11-4-5-18(25)19(26)23-13-15-10-12-24(14-15)17-8-6-16(22)7-9-17/h6-9,15,18H,4-5,10-14H2,1-3H3,(H,23,26). The lowest BCUT2D eigenvalue weighted by atomic mass is 9.94. The van der Waals surface area contributed by atoms with E-state index in [-0.39, 0.29) is 23.7 Å². The van der Waals surface area contributed by atoms with Crippen LogP contribution in [0, 0.1) is 17.2 Å². The summed E-state index contributed by atoms with van der Waals surface area (Å²) in [6.07, 6.45) is 2.61. The maximum absolute atomic E-state index is 13.1. The van der Waals surface area contributed by atoms with Crippen LogP contribution in [0.15, 0.2) is 24.3 Å². The van der Waals surface area contributed by atoms with Crippen LogP contribution in [-0.4, -0.2) is 48.9 Å². The average molecular weight is 375 g/mol. The minimum atomic E-state index is -0.468. The van der Waals surface area contributed by atoms with Gasteiger partial charge in [0.2, 0.25) is 11.8 Å². The van der Waals surface area contributed by atoms with Crippen LogP contribution in [0.2, 0.25) is 0 Å². The van der Waals surface area contributed by atoms with Crippen LogP contribution in [0.4, 0.5) is 10.1 Å². The maximum Gasteiger partial charge on any atom is 0.242 e. The van der Waals surface area contributed by atoms with Crippen LogP contribution in [0.3, 0.4) is 0 Å². The predicted molar refractivity (Wildman–Crippen MR) is 104 cm³/mol.